The summed E-state index contributed by atoms with van der Waals surface area (Å²) in [6.45, 7) is 6.20. The Morgan fingerprint density at radius 2 is 2.15 bits per heavy atom. The molecule has 0 atom stereocenters. The normalized spacial score (nSPS) is 13.4. The van der Waals surface area contributed by atoms with Crippen molar-refractivity contribution >= 4 is 38.9 Å². The zero-order valence-corrected chi connectivity index (χ0v) is 16.4. The molecule has 3 rings (SSSR count). The van der Waals surface area contributed by atoms with E-state index in [4.69, 9.17) is 9.47 Å². The summed E-state index contributed by atoms with van der Waals surface area (Å²) in [5.41, 5.74) is 1.94. The molecule has 8 heteroatoms. The van der Waals surface area contributed by atoms with Gasteiger partial charge in [0.1, 0.15) is 17.0 Å². The molecule has 1 aromatic carbocycles. The summed E-state index contributed by atoms with van der Waals surface area (Å²) in [5, 5.41) is 13.1. The lowest BCUT2D eigenvalue weighted by Crippen LogP contribution is -2.33. The van der Waals surface area contributed by atoms with Gasteiger partial charge >= 0.3 is 12.1 Å². The number of aromatic amines is 1. The first-order valence-electron chi connectivity index (χ1n) is 8.36. The standard InChI is InChI=1S/C18H21BrN2O5/c1-18(2,3)26-17(24)20-6-4-10-13-9-5-7-25-12(9)8-11(19)15(13)21-14(10)16(22)23/h8,21H,4-7H2,1-3H3,(H,20,24)(H,22,23). The minimum absolute atomic E-state index is 0.131. The lowest BCUT2D eigenvalue weighted by molar-refractivity contribution is 0.0528. The topological polar surface area (TPSA) is 101 Å². The molecule has 0 fully saturated rings. The molecule has 0 bridgehead atoms. The van der Waals surface area contributed by atoms with Crippen LogP contribution in [0.2, 0.25) is 0 Å². The molecular weight excluding hydrogens is 404 g/mol. The van der Waals surface area contributed by atoms with Crippen molar-refractivity contribution in [3.8, 4) is 5.75 Å². The largest absolute Gasteiger partial charge is 0.493 e. The lowest BCUT2D eigenvalue weighted by Gasteiger charge is -2.19. The van der Waals surface area contributed by atoms with Crippen LogP contribution in [0.4, 0.5) is 4.79 Å². The number of carboxylic acid groups (broad SMARTS) is 1. The first-order valence-corrected chi connectivity index (χ1v) is 9.15. The van der Waals surface area contributed by atoms with E-state index >= 15 is 0 Å². The summed E-state index contributed by atoms with van der Waals surface area (Å²) < 4.78 is 11.6. The minimum atomic E-state index is -1.03. The number of hydrogen-bond acceptors (Lipinski definition) is 4. The molecule has 1 aliphatic rings. The number of carbonyl (C=O) groups is 2. The Bertz CT molecular complexity index is 882. The minimum Gasteiger partial charge on any atom is -0.493 e. The van der Waals surface area contributed by atoms with E-state index in [0.29, 0.717) is 18.6 Å². The van der Waals surface area contributed by atoms with E-state index in [1.54, 1.807) is 20.8 Å². The van der Waals surface area contributed by atoms with Gasteiger partial charge in [-0.05, 0) is 54.8 Å². The van der Waals surface area contributed by atoms with Crippen molar-refractivity contribution in [3.63, 3.8) is 0 Å². The molecule has 0 saturated carbocycles. The van der Waals surface area contributed by atoms with E-state index in [2.05, 4.69) is 26.2 Å². The SMILES string of the molecule is CC(C)(C)OC(=O)NCCc1c(C(=O)O)[nH]c2c(Br)cc3c(c12)CCO3. The van der Waals surface area contributed by atoms with Crippen LogP contribution in [-0.2, 0) is 17.6 Å². The quantitative estimate of drug-likeness (QED) is 0.695. The highest BCUT2D eigenvalue weighted by molar-refractivity contribution is 9.10. The second-order valence-corrected chi connectivity index (χ2v) is 8.00. The van der Waals surface area contributed by atoms with Gasteiger partial charge in [0, 0.05) is 28.4 Å². The number of hydrogen-bond donors (Lipinski definition) is 3. The molecule has 26 heavy (non-hydrogen) atoms. The van der Waals surface area contributed by atoms with Gasteiger partial charge in [-0.2, -0.15) is 0 Å². The number of H-pyrrole nitrogens is 1. The Hall–Kier alpha value is -2.22. The monoisotopic (exact) mass is 424 g/mol. The summed E-state index contributed by atoms with van der Waals surface area (Å²) >= 11 is 3.48. The maximum Gasteiger partial charge on any atom is 0.407 e. The zero-order valence-electron chi connectivity index (χ0n) is 14.9. The third kappa shape index (κ3) is 3.65. The summed E-state index contributed by atoms with van der Waals surface area (Å²) in [5.74, 6) is -0.269. The third-order valence-corrected chi connectivity index (χ3v) is 4.69. The van der Waals surface area contributed by atoms with E-state index in [1.165, 1.54) is 0 Å². The second kappa shape index (κ2) is 6.83. The number of fused-ring (bicyclic) bond motifs is 3. The Kier molecular flexibility index (Phi) is 4.88. The number of amides is 1. The number of aromatic nitrogens is 1. The highest BCUT2D eigenvalue weighted by atomic mass is 79.9. The van der Waals surface area contributed by atoms with Gasteiger partial charge in [-0.15, -0.1) is 0 Å². The van der Waals surface area contributed by atoms with Crippen LogP contribution < -0.4 is 10.1 Å². The van der Waals surface area contributed by atoms with Gasteiger partial charge in [0.15, 0.2) is 0 Å². The Morgan fingerprint density at radius 1 is 1.42 bits per heavy atom. The van der Waals surface area contributed by atoms with Gasteiger partial charge in [0.05, 0.1) is 12.1 Å². The number of carbonyl (C=O) groups excluding carboxylic acids is 1. The fourth-order valence-electron chi connectivity index (χ4n) is 3.12. The molecule has 1 aromatic heterocycles. The van der Waals surface area contributed by atoms with Gasteiger partial charge in [0.2, 0.25) is 0 Å². The molecular formula is C18H21BrN2O5. The van der Waals surface area contributed by atoms with Gasteiger partial charge in [-0.25, -0.2) is 9.59 Å². The highest BCUT2D eigenvalue weighted by Gasteiger charge is 2.26. The van der Waals surface area contributed by atoms with Gasteiger partial charge in [-0.1, -0.05) is 0 Å². The third-order valence-electron chi connectivity index (χ3n) is 4.07. The second-order valence-electron chi connectivity index (χ2n) is 7.15. The average molecular weight is 425 g/mol. The number of benzene rings is 1. The van der Waals surface area contributed by atoms with Crippen LogP contribution in [0, 0.1) is 0 Å². The molecule has 0 radical (unpaired) electrons. The van der Waals surface area contributed by atoms with Crippen molar-refractivity contribution in [2.75, 3.05) is 13.2 Å². The van der Waals surface area contributed by atoms with Crippen molar-refractivity contribution in [2.24, 2.45) is 0 Å². The Balaban J connectivity index is 1.91. The molecule has 7 nitrogen and oxygen atoms in total. The molecule has 140 valence electrons. The van der Waals surface area contributed by atoms with E-state index in [1.807, 2.05) is 6.07 Å². The molecule has 1 amide bonds. The Labute approximate surface area is 159 Å². The van der Waals surface area contributed by atoms with Crippen LogP contribution in [0.5, 0.6) is 5.75 Å². The molecule has 0 aliphatic carbocycles. The van der Waals surface area contributed by atoms with E-state index < -0.39 is 17.7 Å². The van der Waals surface area contributed by atoms with Gasteiger partial charge in [-0.3, -0.25) is 0 Å². The van der Waals surface area contributed by atoms with Crippen LogP contribution >= 0.6 is 15.9 Å². The molecule has 2 heterocycles. The number of halogens is 1. The summed E-state index contributed by atoms with van der Waals surface area (Å²) in [6, 6.07) is 1.86. The number of carboxylic acids is 1. The van der Waals surface area contributed by atoms with Crippen molar-refractivity contribution in [3.05, 3.63) is 27.4 Å². The van der Waals surface area contributed by atoms with Crippen LogP contribution in [-0.4, -0.2) is 40.9 Å². The fraction of sp³-hybridized carbons (Fsp3) is 0.444. The summed E-state index contributed by atoms with van der Waals surface area (Å²) in [7, 11) is 0. The van der Waals surface area contributed by atoms with E-state index in [-0.39, 0.29) is 12.2 Å². The maximum atomic E-state index is 11.8. The van der Waals surface area contributed by atoms with Crippen molar-refractivity contribution < 1.29 is 24.2 Å². The Morgan fingerprint density at radius 3 is 2.81 bits per heavy atom. The lowest BCUT2D eigenvalue weighted by atomic mass is 10.0. The predicted octanol–water partition coefficient (Wildman–Crippen LogP) is 3.63. The molecule has 0 saturated heterocycles. The van der Waals surface area contributed by atoms with Crippen molar-refractivity contribution in [1.82, 2.24) is 10.3 Å². The summed E-state index contributed by atoms with van der Waals surface area (Å²) in [4.78, 5) is 26.5. The van der Waals surface area contributed by atoms with Gasteiger partial charge in [0.25, 0.3) is 0 Å². The smallest absolute Gasteiger partial charge is 0.407 e. The molecule has 3 N–H and O–H groups in total. The van der Waals surface area contributed by atoms with Crippen LogP contribution in [0.25, 0.3) is 10.9 Å². The van der Waals surface area contributed by atoms with Crippen molar-refractivity contribution in [2.45, 2.75) is 39.2 Å². The van der Waals surface area contributed by atoms with Crippen molar-refractivity contribution in [1.29, 1.82) is 0 Å². The molecule has 2 aromatic rings. The zero-order chi connectivity index (χ0) is 19.1. The fourth-order valence-corrected chi connectivity index (χ4v) is 3.63. The van der Waals surface area contributed by atoms with E-state index in [9.17, 15) is 14.7 Å². The van der Waals surface area contributed by atoms with Gasteiger partial charge < -0.3 is 24.9 Å². The molecule has 1 aliphatic heterocycles. The predicted molar refractivity (Wildman–Crippen MR) is 100 cm³/mol. The maximum absolute atomic E-state index is 11.8. The first-order chi connectivity index (χ1) is 12.2. The summed E-state index contributed by atoms with van der Waals surface area (Å²) in [6.07, 6.45) is 0.565. The van der Waals surface area contributed by atoms with E-state index in [0.717, 1.165) is 33.1 Å². The number of aromatic carboxylic acids is 1. The number of nitrogens with one attached hydrogen (secondary N) is 2. The van der Waals surface area contributed by atoms with Crippen LogP contribution in [0.15, 0.2) is 10.5 Å². The number of rotatable bonds is 4. The first kappa shape index (κ1) is 18.6. The van der Waals surface area contributed by atoms with Crippen LogP contribution in [0.3, 0.4) is 0 Å². The molecule has 0 unspecified atom stereocenters. The highest BCUT2D eigenvalue weighted by Crippen LogP contribution is 2.40. The number of ether oxygens (including phenoxy) is 2. The molecule has 0 spiro atoms. The number of alkyl carbamates (subject to hydrolysis) is 1. The average Bonchev–Trinajstić information content (AvgIpc) is 3.09. The van der Waals surface area contributed by atoms with Crippen LogP contribution in [0.1, 0.15) is 42.4 Å².